The van der Waals surface area contributed by atoms with E-state index >= 15 is 0 Å². The maximum atomic E-state index is 12.1. The molecule has 0 aliphatic carbocycles. The van der Waals surface area contributed by atoms with Gasteiger partial charge in [0.25, 0.3) is 5.91 Å². The lowest BCUT2D eigenvalue weighted by atomic mass is 10.1. The van der Waals surface area contributed by atoms with Crippen molar-refractivity contribution in [3.63, 3.8) is 0 Å². The van der Waals surface area contributed by atoms with E-state index in [-0.39, 0.29) is 22.9 Å². The molecule has 0 saturated carbocycles. The van der Waals surface area contributed by atoms with E-state index in [9.17, 15) is 14.4 Å². The molecule has 138 valence electrons. The highest BCUT2D eigenvalue weighted by Gasteiger charge is 2.19. The third-order valence-corrected chi connectivity index (χ3v) is 3.65. The normalized spacial score (nSPS) is 11.6. The zero-order valence-corrected chi connectivity index (χ0v) is 15.7. The van der Waals surface area contributed by atoms with Gasteiger partial charge in [-0.15, -0.1) is 0 Å². The quantitative estimate of drug-likeness (QED) is 0.595. The molecule has 0 aliphatic rings. The second-order valence-electron chi connectivity index (χ2n) is 5.88. The van der Waals surface area contributed by atoms with Crippen molar-refractivity contribution in [1.82, 2.24) is 16.0 Å². The van der Waals surface area contributed by atoms with Gasteiger partial charge in [-0.1, -0.05) is 24.9 Å². The number of rotatable bonds is 7. The van der Waals surface area contributed by atoms with E-state index in [0.717, 1.165) is 6.42 Å². The number of carbonyl (C=O) groups excluding carboxylic acids is 3. The Hall–Kier alpha value is -2.28. The average molecular weight is 369 g/mol. The van der Waals surface area contributed by atoms with Crippen LogP contribution in [0, 0.1) is 0 Å². The van der Waals surface area contributed by atoms with Gasteiger partial charge in [0.05, 0.1) is 10.6 Å². The molecule has 7 nitrogen and oxygen atoms in total. The fourth-order valence-corrected chi connectivity index (χ4v) is 2.44. The van der Waals surface area contributed by atoms with Crippen molar-refractivity contribution in [2.24, 2.45) is 0 Å². The van der Waals surface area contributed by atoms with Gasteiger partial charge >= 0.3 is 6.03 Å². The molecule has 0 aromatic heterocycles. The minimum absolute atomic E-state index is 0.00708. The molecule has 1 atom stereocenters. The molecule has 4 amide bonds. The number of hydrogen-bond donors (Lipinski definition) is 4. The summed E-state index contributed by atoms with van der Waals surface area (Å²) < 4.78 is 0. The van der Waals surface area contributed by atoms with E-state index in [1.54, 1.807) is 6.07 Å². The number of urea groups is 1. The molecule has 1 aromatic rings. The Morgan fingerprint density at radius 2 is 1.84 bits per heavy atom. The van der Waals surface area contributed by atoms with Crippen molar-refractivity contribution in [2.75, 3.05) is 12.4 Å². The van der Waals surface area contributed by atoms with Crippen LogP contribution < -0.4 is 21.3 Å². The minimum atomic E-state index is -0.610. The van der Waals surface area contributed by atoms with Crippen molar-refractivity contribution >= 4 is 35.1 Å². The predicted molar refractivity (Wildman–Crippen MR) is 99.0 cm³/mol. The molecule has 1 aromatic carbocycles. The molecule has 0 unspecified atom stereocenters. The largest absolute Gasteiger partial charge is 0.357 e. The van der Waals surface area contributed by atoms with Crippen molar-refractivity contribution in [1.29, 1.82) is 0 Å². The second kappa shape index (κ2) is 9.88. The summed E-state index contributed by atoms with van der Waals surface area (Å²) >= 11 is 6.12. The maximum absolute atomic E-state index is 12.1. The Morgan fingerprint density at radius 1 is 1.16 bits per heavy atom. The summed E-state index contributed by atoms with van der Waals surface area (Å²) in [6.45, 7) is 5.63. The van der Waals surface area contributed by atoms with Gasteiger partial charge in [-0.05, 0) is 38.5 Å². The Morgan fingerprint density at radius 3 is 2.36 bits per heavy atom. The van der Waals surface area contributed by atoms with Crippen LogP contribution >= 0.6 is 11.6 Å². The molecule has 25 heavy (non-hydrogen) atoms. The summed E-state index contributed by atoms with van der Waals surface area (Å²) in [6.07, 6.45) is 1.28. The lowest BCUT2D eigenvalue weighted by Crippen LogP contribution is -2.47. The topological polar surface area (TPSA) is 99.3 Å². The van der Waals surface area contributed by atoms with Gasteiger partial charge in [-0.3, -0.25) is 9.59 Å². The average Bonchev–Trinajstić information content (AvgIpc) is 2.52. The number of amides is 4. The van der Waals surface area contributed by atoms with Gasteiger partial charge in [0, 0.05) is 18.8 Å². The van der Waals surface area contributed by atoms with Gasteiger partial charge in [-0.25, -0.2) is 4.79 Å². The number of nitrogens with one attached hydrogen (secondary N) is 4. The third-order valence-electron chi connectivity index (χ3n) is 3.34. The molecule has 0 spiro atoms. The van der Waals surface area contributed by atoms with E-state index in [1.807, 2.05) is 20.8 Å². The molecular weight excluding hydrogens is 344 g/mol. The summed E-state index contributed by atoms with van der Waals surface area (Å²) in [5, 5.41) is 10.7. The summed E-state index contributed by atoms with van der Waals surface area (Å²) in [7, 11) is 1.52. The molecule has 8 heteroatoms. The van der Waals surface area contributed by atoms with Crippen molar-refractivity contribution in [3.8, 4) is 0 Å². The number of halogens is 1. The van der Waals surface area contributed by atoms with Crippen molar-refractivity contribution in [3.05, 3.63) is 28.8 Å². The van der Waals surface area contributed by atoms with Crippen LogP contribution in [0.15, 0.2) is 18.2 Å². The maximum Gasteiger partial charge on any atom is 0.319 e. The highest BCUT2D eigenvalue weighted by molar-refractivity contribution is 6.34. The molecule has 1 rings (SSSR count). The lowest BCUT2D eigenvalue weighted by Gasteiger charge is -2.17. The first-order valence-electron chi connectivity index (χ1n) is 8.18. The fraction of sp³-hybridized carbons (Fsp3) is 0.471. The smallest absolute Gasteiger partial charge is 0.319 e. The minimum Gasteiger partial charge on any atom is -0.357 e. The summed E-state index contributed by atoms with van der Waals surface area (Å²) in [4.78, 5) is 35.8. The number of carbonyl (C=O) groups is 3. The van der Waals surface area contributed by atoms with E-state index in [2.05, 4.69) is 21.3 Å². The van der Waals surface area contributed by atoms with Gasteiger partial charge in [0.1, 0.15) is 6.04 Å². The fourth-order valence-electron chi connectivity index (χ4n) is 2.17. The number of anilines is 1. The van der Waals surface area contributed by atoms with E-state index < -0.39 is 12.1 Å². The van der Waals surface area contributed by atoms with Crippen molar-refractivity contribution in [2.45, 2.75) is 45.7 Å². The molecule has 0 bridgehead atoms. The van der Waals surface area contributed by atoms with Gasteiger partial charge in [-0.2, -0.15) is 0 Å². The summed E-state index contributed by atoms with van der Waals surface area (Å²) in [6, 6.07) is 3.48. The Balaban J connectivity index is 2.76. The predicted octanol–water partition coefficient (Wildman–Crippen LogP) is 2.51. The summed E-state index contributed by atoms with van der Waals surface area (Å²) in [5.74, 6) is -0.533. The Labute approximate surface area is 152 Å². The molecular formula is C17H25ClN4O3. The number of benzene rings is 1. The van der Waals surface area contributed by atoms with Crippen LogP contribution in [-0.4, -0.2) is 37.0 Å². The van der Waals surface area contributed by atoms with Crippen molar-refractivity contribution < 1.29 is 14.4 Å². The van der Waals surface area contributed by atoms with E-state index in [0.29, 0.717) is 17.7 Å². The molecule has 0 fully saturated rings. The Bertz CT molecular complexity index is 634. The molecule has 0 radical (unpaired) electrons. The van der Waals surface area contributed by atoms with Crippen LogP contribution in [0.1, 0.15) is 44.0 Å². The first kappa shape index (κ1) is 20.8. The monoisotopic (exact) mass is 368 g/mol. The zero-order valence-electron chi connectivity index (χ0n) is 14.9. The van der Waals surface area contributed by atoms with Crippen LogP contribution in [0.3, 0.4) is 0 Å². The number of hydrogen-bond acceptors (Lipinski definition) is 3. The molecule has 0 saturated heterocycles. The Kier molecular flexibility index (Phi) is 8.21. The van der Waals surface area contributed by atoms with Crippen LogP contribution in [0.2, 0.25) is 5.02 Å². The SMILES string of the molecule is CCC[C@H](NC(=O)Nc1ccc(C(=O)NC(C)C)c(Cl)c1)C(=O)NC. The summed E-state index contributed by atoms with van der Waals surface area (Å²) in [5.41, 5.74) is 0.756. The van der Waals surface area contributed by atoms with Crippen LogP contribution in [-0.2, 0) is 4.79 Å². The molecule has 4 N–H and O–H groups in total. The van der Waals surface area contributed by atoms with Gasteiger partial charge < -0.3 is 21.3 Å². The molecule has 0 heterocycles. The van der Waals surface area contributed by atoms with Crippen LogP contribution in [0.25, 0.3) is 0 Å². The van der Waals surface area contributed by atoms with Gasteiger partial charge in [0.15, 0.2) is 0 Å². The standard InChI is InChI=1S/C17H25ClN4O3/c1-5-6-14(16(24)19-4)22-17(25)21-11-7-8-12(13(18)9-11)15(23)20-10(2)3/h7-10,14H,5-6H2,1-4H3,(H,19,24)(H,20,23)(H2,21,22,25)/t14-/m0/s1. The highest BCUT2D eigenvalue weighted by atomic mass is 35.5. The van der Waals surface area contributed by atoms with Crippen LogP contribution in [0.4, 0.5) is 10.5 Å². The number of likely N-dealkylation sites (N-methyl/N-ethyl adjacent to an activating group) is 1. The second-order valence-corrected chi connectivity index (χ2v) is 6.28. The first-order chi connectivity index (χ1) is 11.8. The lowest BCUT2D eigenvalue weighted by molar-refractivity contribution is -0.122. The van der Waals surface area contributed by atoms with E-state index in [4.69, 9.17) is 11.6 Å². The van der Waals surface area contributed by atoms with Gasteiger partial charge in [0.2, 0.25) is 5.91 Å². The third kappa shape index (κ3) is 6.62. The van der Waals surface area contributed by atoms with E-state index in [1.165, 1.54) is 19.2 Å². The highest BCUT2D eigenvalue weighted by Crippen LogP contribution is 2.21. The van der Waals surface area contributed by atoms with Crippen LogP contribution in [0.5, 0.6) is 0 Å². The zero-order chi connectivity index (χ0) is 19.0. The first-order valence-corrected chi connectivity index (χ1v) is 8.55. The molecule has 0 aliphatic heterocycles.